The van der Waals surface area contributed by atoms with Crippen molar-refractivity contribution in [3.05, 3.63) is 81.4 Å². The Hall–Kier alpha value is -3.89. The molecule has 16 heteroatoms. The molecule has 0 spiro atoms. The quantitative estimate of drug-likeness (QED) is 0.268. The summed E-state index contributed by atoms with van der Waals surface area (Å²) in [6.07, 6.45) is -5.99. The molecule has 4 aromatic rings. The number of aromatic nitrogens is 3. The zero-order valence-corrected chi connectivity index (χ0v) is 22.1. The standard InChI is InChI=1S/C22H20F2N4O3S2.C2HF3O2/c1-33(30,31)18-5-2-13(3-6-18)14-4-7-19-15(8-14)9-17(32-19)12-28-20(26-27-22(28)29)10-16(11-25)21(23)24;3-2(4,5)1(6)7/h2-9H,10-12,25H2,1H3,(H,27,29);(H,6,7). The number of nitrogens with one attached hydrogen (secondary N) is 1. The Morgan fingerprint density at radius 2 is 1.70 bits per heavy atom. The summed E-state index contributed by atoms with van der Waals surface area (Å²) >= 11 is 1.49. The molecule has 0 aliphatic carbocycles. The fraction of sp³-hybridized carbons (Fsp3) is 0.208. The maximum atomic E-state index is 13.0. The number of carboxylic acids is 1. The molecule has 4 rings (SSSR count). The number of nitrogens with two attached hydrogens (primary N) is 1. The number of carbonyl (C=O) groups is 1. The van der Waals surface area contributed by atoms with E-state index in [2.05, 4.69) is 10.2 Å². The van der Waals surface area contributed by atoms with Gasteiger partial charge in [-0.2, -0.15) is 27.1 Å². The van der Waals surface area contributed by atoms with Crippen LogP contribution in [0.3, 0.4) is 0 Å². The first-order chi connectivity index (χ1) is 18.6. The van der Waals surface area contributed by atoms with E-state index in [4.69, 9.17) is 15.6 Å². The molecule has 0 unspecified atom stereocenters. The monoisotopic (exact) mass is 604 g/mol. The van der Waals surface area contributed by atoms with E-state index in [9.17, 15) is 35.2 Å². The maximum Gasteiger partial charge on any atom is 0.490 e. The van der Waals surface area contributed by atoms with E-state index in [0.717, 1.165) is 26.1 Å². The molecule has 2 aromatic carbocycles. The fourth-order valence-electron chi connectivity index (χ4n) is 3.46. The van der Waals surface area contributed by atoms with Crippen molar-refractivity contribution < 1.29 is 40.3 Å². The molecule has 0 amide bonds. The number of fused-ring (bicyclic) bond motifs is 1. The van der Waals surface area contributed by atoms with E-state index < -0.39 is 33.8 Å². The zero-order chi connectivity index (χ0) is 29.8. The molecule has 0 atom stereocenters. The predicted octanol–water partition coefficient (Wildman–Crippen LogP) is 4.19. The summed E-state index contributed by atoms with van der Waals surface area (Å²) in [5, 5.41) is 14.3. The second-order valence-electron chi connectivity index (χ2n) is 8.34. The van der Waals surface area contributed by atoms with Crippen molar-refractivity contribution in [3.8, 4) is 11.1 Å². The smallest absolute Gasteiger partial charge is 0.475 e. The van der Waals surface area contributed by atoms with Crippen LogP contribution in [-0.4, -0.2) is 53.2 Å². The maximum absolute atomic E-state index is 13.0. The van der Waals surface area contributed by atoms with Gasteiger partial charge in [-0.3, -0.25) is 4.57 Å². The van der Waals surface area contributed by atoms with Crippen LogP contribution in [0, 0.1) is 0 Å². The predicted molar refractivity (Wildman–Crippen MR) is 138 cm³/mol. The zero-order valence-electron chi connectivity index (χ0n) is 20.5. The Labute approximate surface area is 227 Å². The van der Waals surface area contributed by atoms with Gasteiger partial charge in [0.2, 0.25) is 0 Å². The van der Waals surface area contributed by atoms with Gasteiger partial charge in [-0.25, -0.2) is 23.1 Å². The Morgan fingerprint density at radius 3 is 2.23 bits per heavy atom. The number of rotatable bonds is 7. The second kappa shape index (κ2) is 12.1. The van der Waals surface area contributed by atoms with E-state index in [0.29, 0.717) is 0 Å². The number of H-pyrrole nitrogens is 1. The first kappa shape index (κ1) is 30.6. The molecule has 0 aliphatic rings. The minimum absolute atomic E-state index is 0.189. The van der Waals surface area contributed by atoms with Crippen LogP contribution in [-0.2, 0) is 27.6 Å². The van der Waals surface area contributed by atoms with E-state index >= 15 is 0 Å². The molecular weight excluding hydrogens is 583 g/mol. The highest BCUT2D eigenvalue weighted by atomic mass is 32.2. The summed E-state index contributed by atoms with van der Waals surface area (Å²) in [5.41, 5.74) is 6.43. The Morgan fingerprint density at radius 1 is 1.10 bits per heavy atom. The lowest BCUT2D eigenvalue weighted by Gasteiger charge is -2.05. The number of sulfone groups is 1. The lowest BCUT2D eigenvalue weighted by Crippen LogP contribution is -2.21. The number of aliphatic carboxylic acids is 1. The summed E-state index contributed by atoms with van der Waals surface area (Å²) in [5.74, 6) is -2.56. The van der Waals surface area contributed by atoms with Gasteiger partial charge in [0.25, 0.3) is 6.08 Å². The topological polar surface area (TPSA) is 148 Å². The highest BCUT2D eigenvalue weighted by molar-refractivity contribution is 7.90. The van der Waals surface area contributed by atoms with Gasteiger partial charge < -0.3 is 10.8 Å². The first-order valence-corrected chi connectivity index (χ1v) is 13.8. The number of aromatic amines is 1. The van der Waals surface area contributed by atoms with Crippen LogP contribution >= 0.6 is 11.3 Å². The third-order valence-corrected chi connectivity index (χ3v) is 7.69. The molecule has 9 nitrogen and oxygen atoms in total. The Bertz CT molecular complexity index is 1720. The molecule has 40 heavy (non-hydrogen) atoms. The van der Waals surface area contributed by atoms with Crippen molar-refractivity contribution in [1.29, 1.82) is 0 Å². The molecule has 0 bridgehead atoms. The number of alkyl halides is 3. The van der Waals surface area contributed by atoms with Crippen LogP contribution in [0.4, 0.5) is 22.0 Å². The third kappa shape index (κ3) is 7.61. The van der Waals surface area contributed by atoms with Gasteiger partial charge in [-0.15, -0.1) is 11.3 Å². The molecule has 214 valence electrons. The van der Waals surface area contributed by atoms with Gasteiger partial charge in [0, 0.05) is 34.4 Å². The Kier molecular flexibility index (Phi) is 9.27. The molecule has 4 N–H and O–H groups in total. The van der Waals surface area contributed by atoms with Gasteiger partial charge in [0.1, 0.15) is 5.82 Å². The van der Waals surface area contributed by atoms with Crippen LogP contribution in [0.25, 0.3) is 21.2 Å². The van der Waals surface area contributed by atoms with Crippen molar-refractivity contribution >= 4 is 37.2 Å². The van der Waals surface area contributed by atoms with Crippen molar-refractivity contribution in [1.82, 2.24) is 14.8 Å². The average Bonchev–Trinajstić information content (AvgIpc) is 3.43. The van der Waals surface area contributed by atoms with E-state index in [-0.39, 0.29) is 35.8 Å². The summed E-state index contributed by atoms with van der Waals surface area (Å²) in [7, 11) is -3.26. The van der Waals surface area contributed by atoms with Crippen LogP contribution in [0.5, 0.6) is 0 Å². The second-order valence-corrected chi connectivity index (χ2v) is 11.5. The molecule has 2 aromatic heterocycles. The summed E-state index contributed by atoms with van der Waals surface area (Å²) < 4.78 is 83.4. The van der Waals surface area contributed by atoms with Crippen LogP contribution in [0.1, 0.15) is 10.7 Å². The summed E-state index contributed by atoms with van der Waals surface area (Å²) in [6, 6.07) is 14.5. The summed E-state index contributed by atoms with van der Waals surface area (Å²) in [6.45, 7) is -0.131. The van der Waals surface area contributed by atoms with Crippen LogP contribution in [0.15, 0.2) is 69.9 Å². The van der Waals surface area contributed by atoms with Gasteiger partial charge in [0.05, 0.1) is 11.4 Å². The van der Waals surface area contributed by atoms with Crippen LogP contribution < -0.4 is 11.4 Å². The lowest BCUT2D eigenvalue weighted by atomic mass is 10.0. The van der Waals surface area contributed by atoms with Gasteiger partial charge in [-0.1, -0.05) is 18.2 Å². The van der Waals surface area contributed by atoms with Crippen molar-refractivity contribution in [2.24, 2.45) is 5.73 Å². The van der Waals surface area contributed by atoms with Gasteiger partial charge in [-0.05, 0) is 46.8 Å². The minimum atomic E-state index is -5.08. The molecular formula is C24H21F5N4O5S2. The number of thiophene rings is 1. The van der Waals surface area contributed by atoms with Crippen molar-refractivity contribution in [2.75, 3.05) is 12.8 Å². The fourth-order valence-corrected chi connectivity index (χ4v) is 5.13. The van der Waals surface area contributed by atoms with Gasteiger partial charge >= 0.3 is 17.8 Å². The number of halogens is 5. The molecule has 0 fully saturated rings. The SMILES string of the molecule is CS(=O)(=O)c1ccc(-c2ccc3sc(Cn4c(CC(CN)=C(F)F)n[nH]c4=O)cc3c2)cc1.O=C(O)C(F)(F)F. The van der Waals surface area contributed by atoms with Crippen molar-refractivity contribution in [2.45, 2.75) is 24.0 Å². The van der Waals surface area contributed by atoms with E-state index in [1.54, 1.807) is 24.3 Å². The summed E-state index contributed by atoms with van der Waals surface area (Å²) in [4.78, 5) is 22.2. The number of carboxylic acid groups (broad SMARTS) is 1. The number of nitrogens with zero attached hydrogens (tertiary/aromatic N) is 2. The number of hydrogen-bond donors (Lipinski definition) is 3. The van der Waals surface area contributed by atoms with Crippen molar-refractivity contribution in [3.63, 3.8) is 0 Å². The number of hydrogen-bond acceptors (Lipinski definition) is 7. The average molecular weight is 605 g/mol. The third-order valence-electron chi connectivity index (χ3n) is 5.46. The lowest BCUT2D eigenvalue weighted by molar-refractivity contribution is -0.192. The van der Waals surface area contributed by atoms with Crippen LogP contribution in [0.2, 0.25) is 0 Å². The largest absolute Gasteiger partial charge is 0.490 e. The molecule has 0 aliphatic heterocycles. The van der Waals surface area contributed by atoms with E-state index in [1.807, 2.05) is 24.3 Å². The normalized spacial score (nSPS) is 11.7. The molecule has 0 radical (unpaired) electrons. The van der Waals surface area contributed by atoms with E-state index in [1.165, 1.54) is 22.2 Å². The van der Waals surface area contributed by atoms with Gasteiger partial charge in [0.15, 0.2) is 9.84 Å². The molecule has 0 saturated heterocycles. The number of benzene rings is 2. The minimum Gasteiger partial charge on any atom is -0.475 e. The molecule has 0 saturated carbocycles. The first-order valence-electron chi connectivity index (χ1n) is 11.1. The Balaban J connectivity index is 0.000000559. The highest BCUT2D eigenvalue weighted by Crippen LogP contribution is 2.31. The highest BCUT2D eigenvalue weighted by Gasteiger charge is 2.38. The molecule has 2 heterocycles.